The van der Waals surface area contributed by atoms with Crippen LogP contribution in [0.4, 0.5) is 5.82 Å². The van der Waals surface area contributed by atoms with Crippen molar-refractivity contribution < 1.29 is 4.42 Å². The second-order valence-electron chi connectivity index (χ2n) is 3.86. The monoisotopic (exact) mass is 316 g/mol. The van der Waals surface area contributed by atoms with Gasteiger partial charge in [0.2, 0.25) is 5.89 Å². The molecule has 19 heavy (non-hydrogen) atoms. The van der Waals surface area contributed by atoms with E-state index in [9.17, 15) is 0 Å². The zero-order valence-corrected chi connectivity index (χ0v) is 11.3. The molecule has 0 aliphatic carbocycles. The Hall–Kier alpha value is -2.21. The molecule has 0 spiro atoms. The van der Waals surface area contributed by atoms with Crippen LogP contribution in [0.15, 0.2) is 51.9 Å². The first-order valence-corrected chi connectivity index (χ1v) is 6.31. The van der Waals surface area contributed by atoms with Gasteiger partial charge < -0.3 is 10.2 Å². The van der Waals surface area contributed by atoms with Crippen molar-refractivity contribution in [3.8, 4) is 22.8 Å². The minimum atomic E-state index is 0.378. The predicted octanol–water partition coefficient (Wildman–Crippen LogP) is 3.14. The van der Waals surface area contributed by atoms with Crippen LogP contribution in [0.2, 0.25) is 0 Å². The number of nitrogens with zero attached hydrogens (tertiary/aromatic N) is 3. The highest BCUT2D eigenvalue weighted by Crippen LogP contribution is 2.29. The van der Waals surface area contributed by atoms with Gasteiger partial charge in [-0.2, -0.15) is 0 Å². The summed E-state index contributed by atoms with van der Waals surface area (Å²) in [4.78, 5) is 12.3. The molecule has 0 saturated heterocycles. The SMILES string of the molecule is Nc1ncc(Br)cc1-c1ncc(-c2cccnc2)o1. The number of nitrogens with two attached hydrogens (primary N) is 1. The Labute approximate surface area is 117 Å². The average Bonchev–Trinajstić information content (AvgIpc) is 2.92. The van der Waals surface area contributed by atoms with E-state index >= 15 is 0 Å². The lowest BCUT2D eigenvalue weighted by molar-refractivity contribution is 0.588. The third-order valence-electron chi connectivity index (χ3n) is 2.57. The zero-order chi connectivity index (χ0) is 13.2. The van der Waals surface area contributed by atoms with Gasteiger partial charge in [0.05, 0.1) is 11.8 Å². The third-order valence-corrected chi connectivity index (χ3v) is 3.00. The smallest absolute Gasteiger partial charge is 0.230 e. The van der Waals surface area contributed by atoms with E-state index in [1.165, 1.54) is 0 Å². The largest absolute Gasteiger partial charge is 0.436 e. The van der Waals surface area contributed by atoms with Crippen molar-refractivity contribution in [1.29, 1.82) is 0 Å². The minimum Gasteiger partial charge on any atom is -0.436 e. The molecule has 0 saturated carbocycles. The second-order valence-corrected chi connectivity index (χ2v) is 4.77. The fourth-order valence-electron chi connectivity index (χ4n) is 1.66. The zero-order valence-electron chi connectivity index (χ0n) is 9.75. The molecule has 6 heteroatoms. The first-order valence-electron chi connectivity index (χ1n) is 5.51. The lowest BCUT2D eigenvalue weighted by Gasteiger charge is -2.00. The van der Waals surface area contributed by atoms with E-state index in [-0.39, 0.29) is 0 Å². The van der Waals surface area contributed by atoms with E-state index in [0.717, 1.165) is 10.0 Å². The topological polar surface area (TPSA) is 77.8 Å². The van der Waals surface area contributed by atoms with E-state index in [1.807, 2.05) is 18.2 Å². The quantitative estimate of drug-likeness (QED) is 0.785. The van der Waals surface area contributed by atoms with Crippen LogP contribution in [0.25, 0.3) is 22.8 Å². The van der Waals surface area contributed by atoms with E-state index in [0.29, 0.717) is 23.0 Å². The molecule has 3 heterocycles. The Morgan fingerprint density at radius 1 is 1.16 bits per heavy atom. The highest BCUT2D eigenvalue weighted by atomic mass is 79.9. The summed E-state index contributed by atoms with van der Waals surface area (Å²) < 4.78 is 6.52. The molecule has 3 aromatic heterocycles. The number of halogens is 1. The maximum Gasteiger partial charge on any atom is 0.230 e. The number of oxazole rings is 1. The Bertz CT molecular complexity index is 712. The molecule has 0 aromatic carbocycles. The van der Waals surface area contributed by atoms with Crippen LogP contribution < -0.4 is 5.73 Å². The van der Waals surface area contributed by atoms with Crippen LogP contribution in [0.5, 0.6) is 0 Å². The Balaban J connectivity index is 2.04. The van der Waals surface area contributed by atoms with Crippen LogP contribution in [0.3, 0.4) is 0 Å². The predicted molar refractivity (Wildman–Crippen MR) is 75.1 cm³/mol. The highest BCUT2D eigenvalue weighted by Gasteiger charge is 2.12. The van der Waals surface area contributed by atoms with E-state index in [1.54, 1.807) is 24.8 Å². The number of nitrogen functional groups attached to an aromatic ring is 1. The van der Waals surface area contributed by atoms with Crippen molar-refractivity contribution in [2.75, 3.05) is 5.73 Å². The van der Waals surface area contributed by atoms with E-state index in [4.69, 9.17) is 10.2 Å². The van der Waals surface area contributed by atoms with Crippen LogP contribution in [-0.4, -0.2) is 15.0 Å². The van der Waals surface area contributed by atoms with Crippen LogP contribution in [0.1, 0.15) is 0 Å². The van der Waals surface area contributed by atoms with E-state index < -0.39 is 0 Å². The third kappa shape index (κ3) is 2.34. The summed E-state index contributed by atoms with van der Waals surface area (Å²) in [6.07, 6.45) is 6.69. The molecule has 0 fully saturated rings. The summed E-state index contributed by atoms with van der Waals surface area (Å²) in [7, 11) is 0. The summed E-state index contributed by atoms with van der Waals surface area (Å²) in [5.41, 5.74) is 7.35. The van der Waals surface area contributed by atoms with Crippen molar-refractivity contribution in [2.45, 2.75) is 0 Å². The molecule has 0 aliphatic rings. The van der Waals surface area contributed by atoms with Gasteiger partial charge >= 0.3 is 0 Å². The van der Waals surface area contributed by atoms with Gasteiger partial charge in [-0.1, -0.05) is 0 Å². The Morgan fingerprint density at radius 2 is 2.05 bits per heavy atom. The normalized spacial score (nSPS) is 10.6. The van der Waals surface area contributed by atoms with Gasteiger partial charge in [0.25, 0.3) is 0 Å². The molecule has 0 bridgehead atoms. The van der Waals surface area contributed by atoms with E-state index in [2.05, 4.69) is 30.9 Å². The van der Waals surface area contributed by atoms with Gasteiger partial charge in [-0.3, -0.25) is 4.98 Å². The van der Waals surface area contributed by atoms with Gasteiger partial charge in [0.15, 0.2) is 5.76 Å². The summed E-state index contributed by atoms with van der Waals surface area (Å²) in [5, 5.41) is 0. The molecule has 94 valence electrons. The van der Waals surface area contributed by atoms with Gasteiger partial charge in [0.1, 0.15) is 5.82 Å². The lowest BCUT2D eigenvalue weighted by Crippen LogP contribution is -1.93. The molecule has 0 amide bonds. The molecule has 3 aromatic rings. The summed E-state index contributed by atoms with van der Waals surface area (Å²) >= 11 is 3.35. The average molecular weight is 317 g/mol. The van der Waals surface area contributed by atoms with Crippen molar-refractivity contribution in [1.82, 2.24) is 15.0 Å². The summed E-state index contributed by atoms with van der Waals surface area (Å²) in [5.74, 6) is 1.45. The highest BCUT2D eigenvalue weighted by molar-refractivity contribution is 9.10. The maximum atomic E-state index is 5.83. The molecule has 0 atom stereocenters. The number of hydrogen-bond acceptors (Lipinski definition) is 5. The Kier molecular flexibility index (Phi) is 3.00. The van der Waals surface area contributed by atoms with Gasteiger partial charge in [-0.05, 0) is 34.1 Å². The molecular formula is C13H9BrN4O. The first-order chi connectivity index (χ1) is 9.24. The molecule has 0 unspecified atom stereocenters. The standard InChI is InChI=1S/C13H9BrN4O/c14-9-4-10(12(15)17-6-9)13-18-7-11(19-13)8-2-1-3-16-5-8/h1-7H,(H2,15,17). The molecule has 3 rings (SSSR count). The van der Waals surface area contributed by atoms with Crippen molar-refractivity contribution in [3.05, 3.63) is 47.5 Å². The van der Waals surface area contributed by atoms with Gasteiger partial charge in [-0.25, -0.2) is 9.97 Å². The van der Waals surface area contributed by atoms with Crippen LogP contribution >= 0.6 is 15.9 Å². The van der Waals surface area contributed by atoms with Crippen molar-refractivity contribution >= 4 is 21.7 Å². The van der Waals surface area contributed by atoms with Gasteiger partial charge in [0, 0.05) is 28.6 Å². The molecule has 0 aliphatic heterocycles. The van der Waals surface area contributed by atoms with Crippen LogP contribution in [-0.2, 0) is 0 Å². The first kappa shape index (κ1) is 11.9. The number of anilines is 1. The molecule has 0 radical (unpaired) electrons. The molecular weight excluding hydrogens is 308 g/mol. The second kappa shape index (κ2) is 4.81. The number of hydrogen-bond donors (Lipinski definition) is 1. The fraction of sp³-hybridized carbons (Fsp3) is 0. The maximum absolute atomic E-state index is 5.83. The Morgan fingerprint density at radius 3 is 2.84 bits per heavy atom. The minimum absolute atomic E-state index is 0.378. The van der Waals surface area contributed by atoms with Gasteiger partial charge in [-0.15, -0.1) is 0 Å². The number of aromatic nitrogens is 3. The summed E-state index contributed by atoms with van der Waals surface area (Å²) in [6.45, 7) is 0. The fourth-order valence-corrected chi connectivity index (χ4v) is 1.99. The molecule has 2 N–H and O–H groups in total. The van der Waals surface area contributed by atoms with Crippen molar-refractivity contribution in [2.24, 2.45) is 0 Å². The number of pyridine rings is 2. The number of rotatable bonds is 2. The lowest BCUT2D eigenvalue weighted by atomic mass is 10.2. The van der Waals surface area contributed by atoms with Crippen LogP contribution in [0, 0.1) is 0 Å². The summed E-state index contributed by atoms with van der Waals surface area (Å²) in [6, 6.07) is 5.56. The molecule has 5 nitrogen and oxygen atoms in total. The van der Waals surface area contributed by atoms with Crippen molar-refractivity contribution in [3.63, 3.8) is 0 Å².